The van der Waals surface area contributed by atoms with Gasteiger partial charge >= 0.3 is 0 Å². The molecule has 1 amide bonds. The third-order valence-corrected chi connectivity index (χ3v) is 7.41. The molecule has 2 saturated heterocycles. The molecular formula is C24H30FN5O2S. The predicted molar refractivity (Wildman–Crippen MR) is 132 cm³/mol. The van der Waals surface area contributed by atoms with E-state index in [1.807, 2.05) is 36.4 Å². The second-order valence-corrected chi connectivity index (χ2v) is 9.72. The normalized spacial score (nSPS) is 19.4. The number of rotatable bonds is 7. The summed E-state index contributed by atoms with van der Waals surface area (Å²) in [7, 11) is 0. The molecule has 2 N–H and O–H groups in total. The molecule has 1 saturated carbocycles. The molecule has 1 aromatic carbocycles. The van der Waals surface area contributed by atoms with Gasteiger partial charge in [0, 0.05) is 31.9 Å². The lowest BCUT2D eigenvalue weighted by molar-refractivity contribution is 0.102. The number of alkyl halides is 1. The summed E-state index contributed by atoms with van der Waals surface area (Å²) in [4.78, 5) is 22.4. The summed E-state index contributed by atoms with van der Waals surface area (Å²) in [6, 6.07) is 10.8. The zero-order chi connectivity index (χ0) is 22.7. The maximum absolute atomic E-state index is 13.3. The molecule has 1 spiro atoms. The number of morpholine rings is 1. The van der Waals surface area contributed by atoms with Gasteiger partial charge in [-0.2, -0.15) is 0 Å². The minimum Gasteiger partial charge on any atom is -0.378 e. The van der Waals surface area contributed by atoms with Crippen molar-refractivity contribution in [1.82, 2.24) is 4.98 Å². The van der Waals surface area contributed by atoms with Crippen molar-refractivity contribution in [3.8, 4) is 0 Å². The number of nitrogens with zero attached hydrogens (tertiary/aromatic N) is 3. The van der Waals surface area contributed by atoms with Gasteiger partial charge in [-0.1, -0.05) is 6.07 Å². The van der Waals surface area contributed by atoms with Crippen molar-refractivity contribution in [3.05, 3.63) is 42.0 Å². The van der Waals surface area contributed by atoms with Gasteiger partial charge < -0.3 is 24.6 Å². The van der Waals surface area contributed by atoms with Crippen molar-refractivity contribution >= 4 is 40.9 Å². The van der Waals surface area contributed by atoms with Crippen LogP contribution in [-0.4, -0.2) is 56.3 Å². The zero-order valence-corrected chi connectivity index (χ0v) is 19.5. The molecule has 3 aliphatic rings. The summed E-state index contributed by atoms with van der Waals surface area (Å²) in [5.41, 5.74) is 2.83. The fourth-order valence-corrected chi connectivity index (χ4v) is 5.05. The molecular weight excluding hydrogens is 441 g/mol. The second kappa shape index (κ2) is 9.77. The molecule has 0 unspecified atom stereocenters. The lowest BCUT2D eigenvalue weighted by atomic mass is 9.93. The average molecular weight is 472 g/mol. The molecule has 2 aromatic rings. The van der Waals surface area contributed by atoms with E-state index >= 15 is 0 Å². The average Bonchev–Trinajstić information content (AvgIpc) is 3.62. The standard InChI is InChI=1S/C24H30FN5O2S/c25-17-33-28-18-4-5-19(20(16-18)29-10-8-24(6-7-24)9-11-29)23(31)27-21-2-1-3-22(26-21)30-12-14-32-15-13-30/h1-5,16,28H,6-15,17H2,(H,26,27,31). The maximum Gasteiger partial charge on any atom is 0.258 e. The van der Waals surface area contributed by atoms with Gasteiger partial charge in [-0.05, 0) is 73.4 Å². The number of amides is 1. The minimum atomic E-state index is -0.519. The van der Waals surface area contributed by atoms with Crippen LogP contribution in [0.5, 0.6) is 0 Å². The van der Waals surface area contributed by atoms with Crippen molar-refractivity contribution in [1.29, 1.82) is 0 Å². The van der Waals surface area contributed by atoms with Gasteiger partial charge in [0.1, 0.15) is 11.6 Å². The molecule has 0 atom stereocenters. The van der Waals surface area contributed by atoms with E-state index in [1.54, 1.807) is 0 Å². The highest BCUT2D eigenvalue weighted by Gasteiger charge is 2.44. The molecule has 3 heterocycles. The largest absolute Gasteiger partial charge is 0.378 e. The Kier molecular flexibility index (Phi) is 6.59. The first-order valence-electron chi connectivity index (χ1n) is 11.6. The van der Waals surface area contributed by atoms with Crippen LogP contribution in [0.2, 0.25) is 0 Å². The van der Waals surface area contributed by atoms with E-state index in [-0.39, 0.29) is 5.91 Å². The number of carbonyl (C=O) groups excluding carboxylic acids is 1. The number of benzene rings is 1. The first kappa shape index (κ1) is 22.3. The van der Waals surface area contributed by atoms with E-state index < -0.39 is 6.01 Å². The molecule has 7 nitrogen and oxygen atoms in total. The maximum atomic E-state index is 13.3. The topological polar surface area (TPSA) is 69.7 Å². The molecule has 0 radical (unpaired) electrons. The number of piperidine rings is 1. The summed E-state index contributed by atoms with van der Waals surface area (Å²) in [5.74, 6) is 1.18. The van der Waals surface area contributed by atoms with Crippen LogP contribution in [0, 0.1) is 5.41 Å². The minimum absolute atomic E-state index is 0.187. The van der Waals surface area contributed by atoms with Gasteiger partial charge in [0.15, 0.2) is 6.01 Å². The molecule has 1 aliphatic carbocycles. The fourth-order valence-electron chi connectivity index (χ4n) is 4.70. The van der Waals surface area contributed by atoms with Crippen molar-refractivity contribution in [2.24, 2.45) is 5.41 Å². The number of hydrogen-bond donors (Lipinski definition) is 2. The number of carbonyl (C=O) groups is 1. The van der Waals surface area contributed by atoms with E-state index in [9.17, 15) is 9.18 Å². The van der Waals surface area contributed by atoms with Crippen molar-refractivity contribution in [3.63, 3.8) is 0 Å². The van der Waals surface area contributed by atoms with Crippen molar-refractivity contribution in [2.75, 3.05) is 65.2 Å². The Morgan fingerprint density at radius 3 is 2.58 bits per heavy atom. The van der Waals surface area contributed by atoms with Crippen LogP contribution < -0.4 is 19.8 Å². The van der Waals surface area contributed by atoms with Crippen LogP contribution in [0.4, 0.5) is 27.4 Å². The molecule has 5 rings (SSSR count). The molecule has 176 valence electrons. The Bertz CT molecular complexity index is 987. The quantitative estimate of drug-likeness (QED) is 0.575. The second-order valence-electron chi connectivity index (χ2n) is 9.01. The number of anilines is 4. The van der Waals surface area contributed by atoms with E-state index in [0.717, 1.165) is 68.2 Å². The summed E-state index contributed by atoms with van der Waals surface area (Å²) in [5, 5.41) is 2.99. The Morgan fingerprint density at radius 1 is 1.06 bits per heavy atom. The third-order valence-electron chi connectivity index (χ3n) is 6.92. The monoisotopic (exact) mass is 471 g/mol. The Labute approximate surface area is 198 Å². The summed E-state index contributed by atoms with van der Waals surface area (Å²) in [6.45, 7) is 4.81. The highest BCUT2D eigenvalue weighted by atomic mass is 32.2. The highest BCUT2D eigenvalue weighted by molar-refractivity contribution is 8.00. The highest BCUT2D eigenvalue weighted by Crippen LogP contribution is 2.54. The first-order valence-corrected chi connectivity index (χ1v) is 12.6. The van der Waals surface area contributed by atoms with Crippen molar-refractivity contribution in [2.45, 2.75) is 25.7 Å². The van der Waals surface area contributed by atoms with Gasteiger partial charge in [0.25, 0.3) is 5.91 Å². The zero-order valence-electron chi connectivity index (χ0n) is 18.7. The number of halogens is 1. The van der Waals surface area contributed by atoms with Crippen LogP contribution in [0.1, 0.15) is 36.0 Å². The number of ether oxygens (including phenoxy) is 1. The van der Waals surface area contributed by atoms with Crippen LogP contribution in [0.25, 0.3) is 0 Å². The van der Waals surface area contributed by atoms with Gasteiger partial charge in [0.2, 0.25) is 0 Å². The smallest absolute Gasteiger partial charge is 0.258 e. The van der Waals surface area contributed by atoms with Gasteiger partial charge in [-0.15, -0.1) is 0 Å². The van der Waals surface area contributed by atoms with Crippen LogP contribution in [0.15, 0.2) is 36.4 Å². The summed E-state index contributed by atoms with van der Waals surface area (Å²) < 4.78 is 21.1. The van der Waals surface area contributed by atoms with E-state index in [1.165, 1.54) is 12.8 Å². The third kappa shape index (κ3) is 5.19. The van der Waals surface area contributed by atoms with Crippen LogP contribution in [0.3, 0.4) is 0 Å². The van der Waals surface area contributed by atoms with Gasteiger partial charge in [0.05, 0.1) is 24.5 Å². The number of hydrogen-bond acceptors (Lipinski definition) is 7. The van der Waals surface area contributed by atoms with Crippen LogP contribution >= 0.6 is 11.9 Å². The van der Waals surface area contributed by atoms with Crippen LogP contribution in [-0.2, 0) is 4.74 Å². The summed E-state index contributed by atoms with van der Waals surface area (Å²) >= 11 is 0.999. The Balaban J connectivity index is 1.35. The molecule has 33 heavy (non-hydrogen) atoms. The number of nitrogens with one attached hydrogen (secondary N) is 2. The molecule has 3 fully saturated rings. The van der Waals surface area contributed by atoms with E-state index in [0.29, 0.717) is 30.0 Å². The molecule has 1 aromatic heterocycles. The van der Waals surface area contributed by atoms with Gasteiger partial charge in [-0.3, -0.25) is 4.79 Å². The van der Waals surface area contributed by atoms with E-state index in [4.69, 9.17) is 4.74 Å². The first-order chi connectivity index (χ1) is 16.2. The Hall–Kier alpha value is -2.52. The van der Waals surface area contributed by atoms with Gasteiger partial charge in [-0.25, -0.2) is 9.37 Å². The number of aromatic nitrogens is 1. The predicted octanol–water partition coefficient (Wildman–Crippen LogP) is 4.54. The molecule has 2 aliphatic heterocycles. The summed E-state index contributed by atoms with van der Waals surface area (Å²) in [6.07, 6.45) is 4.98. The fraction of sp³-hybridized carbons (Fsp3) is 0.500. The van der Waals surface area contributed by atoms with E-state index in [2.05, 4.69) is 24.8 Å². The SMILES string of the molecule is O=C(Nc1cccc(N2CCOCC2)n1)c1ccc(NSCF)cc1N1CCC2(CC1)CC2. The number of pyridine rings is 1. The lowest BCUT2D eigenvalue weighted by Crippen LogP contribution is -2.37. The molecule has 0 bridgehead atoms. The Morgan fingerprint density at radius 2 is 1.85 bits per heavy atom. The van der Waals surface area contributed by atoms with Crippen molar-refractivity contribution < 1.29 is 13.9 Å². The lowest BCUT2D eigenvalue weighted by Gasteiger charge is -2.35. The molecule has 9 heteroatoms.